The molecule has 0 spiro atoms. The Bertz CT molecular complexity index is 1040. The van der Waals surface area contributed by atoms with Crippen LogP contribution >= 0.6 is 0 Å². The first kappa shape index (κ1) is 16.4. The van der Waals surface area contributed by atoms with Crippen LogP contribution in [0.3, 0.4) is 0 Å². The molecular weight excluding hydrogens is 326 g/mol. The van der Waals surface area contributed by atoms with Crippen LogP contribution in [0.5, 0.6) is 5.75 Å². The Morgan fingerprint density at radius 3 is 2.48 bits per heavy atom. The van der Waals surface area contributed by atoms with E-state index in [1.165, 1.54) is 37.4 Å². The third-order valence-corrected chi connectivity index (χ3v) is 3.49. The van der Waals surface area contributed by atoms with Gasteiger partial charge in [0.15, 0.2) is 0 Å². The molecule has 0 aliphatic heterocycles. The van der Waals surface area contributed by atoms with E-state index >= 15 is 0 Å². The molecule has 0 saturated carbocycles. The van der Waals surface area contributed by atoms with Gasteiger partial charge in [0.25, 0.3) is 0 Å². The predicted octanol–water partition coefficient (Wildman–Crippen LogP) is 2.50. The number of hydrogen-bond donors (Lipinski definition) is 0. The average molecular weight is 339 g/mol. The smallest absolute Gasteiger partial charge is 0.362 e. The first-order chi connectivity index (χ1) is 12.0. The lowest BCUT2D eigenvalue weighted by Gasteiger charge is -2.06. The van der Waals surface area contributed by atoms with Crippen molar-refractivity contribution in [2.45, 2.75) is 6.92 Å². The summed E-state index contributed by atoms with van der Waals surface area (Å²) in [7, 11) is 1.22. The Balaban J connectivity index is 1.89. The molecule has 0 N–H and O–H groups in total. The van der Waals surface area contributed by atoms with Gasteiger partial charge in [0, 0.05) is 17.5 Å². The van der Waals surface area contributed by atoms with Gasteiger partial charge < -0.3 is 13.9 Å². The highest BCUT2D eigenvalue weighted by atomic mass is 16.5. The summed E-state index contributed by atoms with van der Waals surface area (Å²) in [5.74, 6) is -1.21. The highest BCUT2D eigenvalue weighted by Gasteiger charge is 2.15. The standard InChI is InChI=1S/C18H13NO6/c1-10-8-16(20)25-15-9-11(6-7-12(10)15)24-18(22)14-5-3-4-13(19-14)17(21)23-2/h3-9H,1-2H3. The molecule has 0 radical (unpaired) electrons. The van der Waals surface area contributed by atoms with E-state index in [0.29, 0.717) is 5.58 Å². The molecule has 3 rings (SSSR count). The SMILES string of the molecule is COC(=O)c1cccc(C(=O)Oc2ccc3c(C)cc(=O)oc3c2)n1. The predicted molar refractivity (Wildman–Crippen MR) is 87.8 cm³/mol. The van der Waals surface area contributed by atoms with Crippen LogP contribution in [-0.2, 0) is 4.74 Å². The number of fused-ring (bicyclic) bond motifs is 1. The summed E-state index contributed by atoms with van der Waals surface area (Å²) in [5.41, 5.74) is 0.537. The fraction of sp³-hybridized carbons (Fsp3) is 0.111. The number of hydrogen-bond acceptors (Lipinski definition) is 7. The minimum absolute atomic E-state index is 0.00270. The Labute approximate surface area is 141 Å². The van der Waals surface area contributed by atoms with E-state index < -0.39 is 17.6 Å². The number of ether oxygens (including phenoxy) is 2. The van der Waals surface area contributed by atoms with Crippen LogP contribution in [0.2, 0.25) is 0 Å². The van der Waals surface area contributed by atoms with Gasteiger partial charge in [-0.15, -0.1) is 0 Å². The third-order valence-electron chi connectivity index (χ3n) is 3.49. The van der Waals surface area contributed by atoms with E-state index in [1.807, 2.05) is 0 Å². The lowest BCUT2D eigenvalue weighted by molar-refractivity contribution is 0.0593. The van der Waals surface area contributed by atoms with Gasteiger partial charge in [0.1, 0.15) is 22.7 Å². The van der Waals surface area contributed by atoms with Crippen molar-refractivity contribution in [1.29, 1.82) is 0 Å². The largest absolute Gasteiger partial charge is 0.464 e. The van der Waals surface area contributed by atoms with Crippen molar-refractivity contribution in [3.63, 3.8) is 0 Å². The first-order valence-electron chi connectivity index (χ1n) is 7.30. The Kier molecular flexibility index (Phi) is 4.30. The Morgan fingerprint density at radius 2 is 1.76 bits per heavy atom. The highest BCUT2D eigenvalue weighted by molar-refractivity contribution is 5.92. The summed E-state index contributed by atoms with van der Waals surface area (Å²) >= 11 is 0. The Hall–Kier alpha value is -3.48. The van der Waals surface area contributed by atoms with E-state index in [1.54, 1.807) is 19.1 Å². The first-order valence-corrected chi connectivity index (χ1v) is 7.30. The number of methoxy groups -OCH3 is 1. The van der Waals surface area contributed by atoms with Crippen molar-refractivity contribution in [1.82, 2.24) is 4.98 Å². The maximum Gasteiger partial charge on any atom is 0.362 e. The zero-order valence-electron chi connectivity index (χ0n) is 13.4. The van der Waals surface area contributed by atoms with Crippen LogP contribution in [0.25, 0.3) is 11.0 Å². The highest BCUT2D eigenvalue weighted by Crippen LogP contribution is 2.22. The second-order valence-corrected chi connectivity index (χ2v) is 5.20. The molecule has 0 fully saturated rings. The van der Waals surface area contributed by atoms with Crippen LogP contribution in [0.15, 0.2) is 51.7 Å². The normalized spacial score (nSPS) is 10.5. The summed E-state index contributed by atoms with van der Waals surface area (Å²) in [5, 5.41) is 0.741. The van der Waals surface area contributed by atoms with Gasteiger partial charge >= 0.3 is 17.6 Å². The topological polar surface area (TPSA) is 95.7 Å². The molecule has 0 saturated heterocycles. The number of carbonyl (C=O) groups excluding carboxylic acids is 2. The number of pyridine rings is 1. The molecule has 0 atom stereocenters. The van der Waals surface area contributed by atoms with Crippen molar-refractivity contribution in [3.8, 4) is 5.75 Å². The van der Waals surface area contributed by atoms with Crippen LogP contribution < -0.4 is 10.4 Å². The van der Waals surface area contributed by atoms with Gasteiger partial charge in [0.2, 0.25) is 0 Å². The van der Waals surface area contributed by atoms with Gasteiger partial charge in [-0.1, -0.05) is 6.07 Å². The lowest BCUT2D eigenvalue weighted by Crippen LogP contribution is -2.13. The minimum atomic E-state index is -0.750. The molecule has 0 bridgehead atoms. The van der Waals surface area contributed by atoms with Crippen LogP contribution in [0, 0.1) is 6.92 Å². The summed E-state index contributed by atoms with van der Waals surface area (Å²) in [6.07, 6.45) is 0. The summed E-state index contributed by atoms with van der Waals surface area (Å²) in [4.78, 5) is 39.1. The van der Waals surface area contributed by atoms with Crippen molar-refractivity contribution in [2.75, 3.05) is 7.11 Å². The second kappa shape index (κ2) is 6.56. The molecule has 7 nitrogen and oxygen atoms in total. The fourth-order valence-electron chi connectivity index (χ4n) is 2.29. The van der Waals surface area contributed by atoms with Crippen molar-refractivity contribution in [2.24, 2.45) is 0 Å². The van der Waals surface area contributed by atoms with Crippen LogP contribution in [0.1, 0.15) is 26.5 Å². The Morgan fingerprint density at radius 1 is 1.04 bits per heavy atom. The van der Waals surface area contributed by atoms with Crippen molar-refractivity contribution < 1.29 is 23.5 Å². The molecule has 1 aromatic carbocycles. The van der Waals surface area contributed by atoms with Crippen molar-refractivity contribution >= 4 is 22.9 Å². The van der Waals surface area contributed by atoms with E-state index in [-0.39, 0.29) is 17.1 Å². The number of esters is 2. The van der Waals surface area contributed by atoms with Gasteiger partial charge in [-0.25, -0.2) is 19.4 Å². The maximum atomic E-state index is 12.2. The van der Waals surface area contributed by atoms with Crippen molar-refractivity contribution in [3.05, 3.63) is 69.8 Å². The van der Waals surface area contributed by atoms with E-state index in [2.05, 4.69) is 9.72 Å². The molecule has 0 amide bonds. The molecule has 0 aliphatic rings. The second-order valence-electron chi connectivity index (χ2n) is 5.20. The van der Waals surface area contributed by atoms with Crippen LogP contribution in [-0.4, -0.2) is 24.0 Å². The maximum absolute atomic E-state index is 12.2. The van der Waals surface area contributed by atoms with E-state index in [4.69, 9.17) is 9.15 Å². The quantitative estimate of drug-likeness (QED) is 0.411. The summed E-state index contributed by atoms with van der Waals surface area (Å²) in [6, 6.07) is 10.4. The fourth-order valence-corrected chi connectivity index (χ4v) is 2.29. The monoisotopic (exact) mass is 339 g/mol. The van der Waals surface area contributed by atoms with Gasteiger partial charge in [0.05, 0.1) is 7.11 Å². The third kappa shape index (κ3) is 3.40. The molecule has 0 unspecified atom stereocenters. The summed E-state index contributed by atoms with van der Waals surface area (Å²) in [6.45, 7) is 1.78. The molecule has 126 valence electrons. The number of nitrogens with zero attached hydrogens (tertiary/aromatic N) is 1. The zero-order chi connectivity index (χ0) is 18.0. The zero-order valence-corrected chi connectivity index (χ0v) is 13.4. The van der Waals surface area contributed by atoms with E-state index in [9.17, 15) is 14.4 Å². The average Bonchev–Trinajstić information content (AvgIpc) is 2.60. The number of aromatic nitrogens is 1. The molecule has 2 aromatic heterocycles. The van der Waals surface area contributed by atoms with Gasteiger partial charge in [-0.2, -0.15) is 0 Å². The summed E-state index contributed by atoms with van der Waals surface area (Å²) < 4.78 is 14.9. The van der Waals surface area contributed by atoms with E-state index in [0.717, 1.165) is 10.9 Å². The molecule has 2 heterocycles. The number of aryl methyl sites for hydroxylation is 1. The van der Waals surface area contributed by atoms with Gasteiger partial charge in [-0.05, 0) is 36.8 Å². The number of benzene rings is 1. The molecule has 3 aromatic rings. The number of carbonyl (C=O) groups is 2. The molecule has 7 heteroatoms. The number of rotatable bonds is 3. The van der Waals surface area contributed by atoms with Gasteiger partial charge in [-0.3, -0.25) is 0 Å². The lowest BCUT2D eigenvalue weighted by atomic mass is 10.1. The van der Waals surface area contributed by atoms with Crippen LogP contribution in [0.4, 0.5) is 0 Å². The molecule has 25 heavy (non-hydrogen) atoms. The minimum Gasteiger partial charge on any atom is -0.464 e. The molecule has 0 aliphatic carbocycles. The molecular formula is C18H13NO6.